The van der Waals surface area contributed by atoms with Gasteiger partial charge in [-0.3, -0.25) is 4.79 Å². The number of rotatable bonds is 3. The number of aliphatic hydroxyl groups excluding tert-OH is 2. The van der Waals surface area contributed by atoms with Gasteiger partial charge in [-0.2, -0.15) is 0 Å². The summed E-state index contributed by atoms with van der Waals surface area (Å²) < 4.78 is 1.72. The van der Waals surface area contributed by atoms with E-state index < -0.39 is 6.10 Å². The summed E-state index contributed by atoms with van der Waals surface area (Å²) in [6.07, 6.45) is 0.831. The van der Waals surface area contributed by atoms with E-state index in [-0.39, 0.29) is 12.0 Å². The lowest BCUT2D eigenvalue weighted by Gasteiger charge is -2.12. The topological polar surface area (TPSA) is 62.5 Å². The first-order chi connectivity index (χ1) is 6.13. The van der Waals surface area contributed by atoms with Crippen LogP contribution in [-0.4, -0.2) is 27.5 Å². The Bertz CT molecular complexity index is 332. The van der Waals surface area contributed by atoms with Crippen LogP contribution in [0.1, 0.15) is 5.69 Å². The Hall–Kier alpha value is -1.13. The molecule has 1 aromatic heterocycles. The Kier molecular flexibility index (Phi) is 3.22. The monoisotopic (exact) mass is 183 g/mol. The third kappa shape index (κ3) is 2.68. The smallest absolute Gasteiger partial charge is 0.181 e. The number of aromatic nitrogens is 1. The Morgan fingerprint density at radius 3 is 2.85 bits per heavy atom. The third-order valence-corrected chi connectivity index (χ3v) is 1.84. The molecule has 1 aromatic rings. The summed E-state index contributed by atoms with van der Waals surface area (Å²) in [7, 11) is 0. The highest BCUT2D eigenvalue weighted by molar-refractivity contribution is 5.04. The first-order valence-electron chi connectivity index (χ1n) is 4.09. The molecule has 0 aromatic carbocycles. The van der Waals surface area contributed by atoms with Crippen molar-refractivity contribution in [3.63, 3.8) is 0 Å². The van der Waals surface area contributed by atoms with Gasteiger partial charge >= 0.3 is 0 Å². The van der Waals surface area contributed by atoms with Crippen molar-refractivity contribution in [1.82, 2.24) is 4.57 Å². The van der Waals surface area contributed by atoms with Gasteiger partial charge in [0.05, 0.1) is 19.3 Å². The van der Waals surface area contributed by atoms with Crippen molar-refractivity contribution in [3.05, 3.63) is 34.2 Å². The largest absolute Gasteiger partial charge is 0.394 e. The molecule has 1 unspecified atom stereocenters. The van der Waals surface area contributed by atoms with Gasteiger partial charge in [-0.25, -0.2) is 0 Å². The van der Waals surface area contributed by atoms with Crippen molar-refractivity contribution in [2.45, 2.75) is 19.6 Å². The van der Waals surface area contributed by atoms with E-state index in [0.717, 1.165) is 5.69 Å². The minimum absolute atomic E-state index is 0.0489. The van der Waals surface area contributed by atoms with Gasteiger partial charge in [0.2, 0.25) is 0 Å². The number of aliphatic hydroxyl groups is 2. The number of aryl methyl sites for hydroxylation is 1. The van der Waals surface area contributed by atoms with Gasteiger partial charge in [-0.1, -0.05) is 0 Å². The number of nitrogens with zero attached hydrogens (tertiary/aromatic N) is 1. The van der Waals surface area contributed by atoms with Gasteiger partial charge in [-0.15, -0.1) is 0 Å². The zero-order chi connectivity index (χ0) is 9.84. The van der Waals surface area contributed by atoms with Crippen LogP contribution >= 0.6 is 0 Å². The van der Waals surface area contributed by atoms with Crippen LogP contribution in [0.4, 0.5) is 0 Å². The van der Waals surface area contributed by atoms with Crippen molar-refractivity contribution < 1.29 is 10.2 Å². The summed E-state index contributed by atoms with van der Waals surface area (Å²) in [6.45, 7) is 1.82. The summed E-state index contributed by atoms with van der Waals surface area (Å²) in [5, 5.41) is 17.8. The Labute approximate surface area is 76.1 Å². The highest BCUT2D eigenvalue weighted by Gasteiger charge is 2.03. The Morgan fingerprint density at radius 2 is 2.31 bits per heavy atom. The highest BCUT2D eigenvalue weighted by Crippen LogP contribution is 1.96. The van der Waals surface area contributed by atoms with Crippen LogP contribution in [0.5, 0.6) is 0 Å². The van der Waals surface area contributed by atoms with Crippen molar-refractivity contribution >= 4 is 0 Å². The summed E-state index contributed by atoms with van der Waals surface area (Å²) in [5.74, 6) is 0. The maximum absolute atomic E-state index is 10.9. The molecule has 4 heteroatoms. The molecule has 0 aliphatic rings. The fourth-order valence-electron chi connectivity index (χ4n) is 1.11. The fraction of sp³-hybridized carbons (Fsp3) is 0.444. The molecule has 4 nitrogen and oxygen atoms in total. The molecular weight excluding hydrogens is 170 g/mol. The average molecular weight is 183 g/mol. The quantitative estimate of drug-likeness (QED) is 0.664. The second-order valence-corrected chi connectivity index (χ2v) is 2.99. The van der Waals surface area contributed by atoms with E-state index in [2.05, 4.69) is 0 Å². The van der Waals surface area contributed by atoms with Crippen LogP contribution in [0.3, 0.4) is 0 Å². The molecule has 1 heterocycles. The molecule has 0 amide bonds. The second kappa shape index (κ2) is 4.20. The molecule has 72 valence electrons. The minimum atomic E-state index is -0.777. The van der Waals surface area contributed by atoms with E-state index in [0.29, 0.717) is 6.54 Å². The summed E-state index contributed by atoms with van der Waals surface area (Å²) in [4.78, 5) is 10.9. The molecule has 0 bridgehead atoms. The van der Waals surface area contributed by atoms with Crippen molar-refractivity contribution in [2.24, 2.45) is 0 Å². The zero-order valence-electron chi connectivity index (χ0n) is 7.47. The van der Waals surface area contributed by atoms with Gasteiger partial charge in [-0.05, 0) is 6.92 Å². The first-order valence-corrected chi connectivity index (χ1v) is 4.09. The van der Waals surface area contributed by atoms with Crippen LogP contribution in [-0.2, 0) is 6.54 Å². The molecule has 0 fully saturated rings. The third-order valence-electron chi connectivity index (χ3n) is 1.84. The first kappa shape index (κ1) is 9.95. The van der Waals surface area contributed by atoms with Crippen molar-refractivity contribution in [2.75, 3.05) is 6.61 Å². The standard InChI is InChI=1S/C9H13NO3/c1-7-4-8(12)2-3-10(7)5-9(13)6-11/h2-4,9,11,13H,5-6H2,1H3. The fourth-order valence-corrected chi connectivity index (χ4v) is 1.11. The lowest BCUT2D eigenvalue weighted by Crippen LogP contribution is -2.22. The van der Waals surface area contributed by atoms with E-state index in [1.807, 2.05) is 0 Å². The van der Waals surface area contributed by atoms with Crippen LogP contribution in [0.2, 0.25) is 0 Å². The van der Waals surface area contributed by atoms with Crippen LogP contribution in [0, 0.1) is 6.92 Å². The van der Waals surface area contributed by atoms with Gasteiger partial charge in [0.15, 0.2) is 5.43 Å². The SMILES string of the molecule is Cc1cc(=O)ccn1CC(O)CO. The van der Waals surface area contributed by atoms with E-state index >= 15 is 0 Å². The lowest BCUT2D eigenvalue weighted by molar-refractivity contribution is 0.0806. The molecule has 0 saturated heterocycles. The molecular formula is C9H13NO3. The van der Waals surface area contributed by atoms with Gasteiger partial charge in [0, 0.05) is 24.0 Å². The second-order valence-electron chi connectivity index (χ2n) is 2.99. The van der Waals surface area contributed by atoms with E-state index in [1.165, 1.54) is 12.1 Å². The molecule has 1 atom stereocenters. The Balaban J connectivity index is 2.83. The molecule has 2 N–H and O–H groups in total. The lowest BCUT2D eigenvalue weighted by atomic mass is 10.3. The molecule has 1 rings (SSSR count). The van der Waals surface area contributed by atoms with Crippen LogP contribution in [0.25, 0.3) is 0 Å². The Morgan fingerprint density at radius 1 is 1.62 bits per heavy atom. The van der Waals surface area contributed by atoms with E-state index in [4.69, 9.17) is 10.2 Å². The predicted molar refractivity (Wildman–Crippen MR) is 48.5 cm³/mol. The summed E-state index contributed by atoms with van der Waals surface area (Å²) in [6, 6.07) is 2.92. The molecule has 0 radical (unpaired) electrons. The normalized spacial score (nSPS) is 12.8. The van der Waals surface area contributed by atoms with Crippen LogP contribution in [0.15, 0.2) is 23.1 Å². The number of pyridine rings is 1. The van der Waals surface area contributed by atoms with Crippen molar-refractivity contribution in [3.8, 4) is 0 Å². The average Bonchev–Trinajstić information content (AvgIpc) is 2.09. The highest BCUT2D eigenvalue weighted by atomic mass is 16.3. The summed E-state index contributed by atoms with van der Waals surface area (Å²) in [5.41, 5.74) is 0.729. The predicted octanol–water partition coefficient (Wildman–Crippen LogP) is -0.490. The minimum Gasteiger partial charge on any atom is -0.394 e. The maximum Gasteiger partial charge on any atom is 0.181 e. The van der Waals surface area contributed by atoms with Gasteiger partial charge in [0.25, 0.3) is 0 Å². The zero-order valence-corrected chi connectivity index (χ0v) is 7.47. The van der Waals surface area contributed by atoms with Gasteiger partial charge in [0.1, 0.15) is 0 Å². The summed E-state index contributed by atoms with van der Waals surface area (Å²) >= 11 is 0. The molecule has 13 heavy (non-hydrogen) atoms. The van der Waals surface area contributed by atoms with E-state index in [9.17, 15) is 4.79 Å². The maximum atomic E-state index is 10.9. The molecule has 0 aliphatic heterocycles. The van der Waals surface area contributed by atoms with Crippen molar-refractivity contribution in [1.29, 1.82) is 0 Å². The molecule has 0 aliphatic carbocycles. The molecule has 0 spiro atoms. The number of hydrogen-bond acceptors (Lipinski definition) is 3. The molecule has 0 saturated carbocycles. The van der Waals surface area contributed by atoms with Gasteiger partial charge < -0.3 is 14.8 Å². The van der Waals surface area contributed by atoms with E-state index in [1.54, 1.807) is 17.7 Å². The van der Waals surface area contributed by atoms with Crippen LogP contribution < -0.4 is 5.43 Å². The number of hydrogen-bond donors (Lipinski definition) is 2.